The molecule has 146 valence electrons. The van der Waals surface area contributed by atoms with Crippen molar-refractivity contribution in [2.45, 2.75) is 85.0 Å². The number of aliphatic carboxylic acids is 1. The van der Waals surface area contributed by atoms with Gasteiger partial charge in [-0.15, -0.1) is 0 Å². The molecule has 8 atom stereocenters. The third-order valence-electron chi connectivity index (χ3n) is 9.65. The van der Waals surface area contributed by atoms with E-state index in [2.05, 4.69) is 32.9 Å². The van der Waals surface area contributed by atoms with E-state index in [1.165, 1.54) is 51.4 Å². The molecule has 0 heterocycles. The predicted molar refractivity (Wildman–Crippen MR) is 106 cm³/mol. The van der Waals surface area contributed by atoms with E-state index in [-0.39, 0.29) is 0 Å². The van der Waals surface area contributed by atoms with Crippen LogP contribution in [0.2, 0.25) is 0 Å². The van der Waals surface area contributed by atoms with Crippen LogP contribution in [-0.4, -0.2) is 11.1 Å². The molecule has 3 saturated carbocycles. The van der Waals surface area contributed by atoms with Crippen molar-refractivity contribution in [1.82, 2.24) is 0 Å². The van der Waals surface area contributed by atoms with Gasteiger partial charge in [0.05, 0.1) is 0 Å². The summed E-state index contributed by atoms with van der Waals surface area (Å²) in [6.45, 7) is 7.50. The highest BCUT2D eigenvalue weighted by Crippen LogP contribution is 2.66. The van der Waals surface area contributed by atoms with Crippen LogP contribution in [0.1, 0.15) is 85.0 Å². The summed E-state index contributed by atoms with van der Waals surface area (Å²) in [5.41, 5.74) is 0.979. The fourth-order valence-corrected chi connectivity index (χ4v) is 8.18. The van der Waals surface area contributed by atoms with E-state index < -0.39 is 5.97 Å². The predicted octanol–water partition coefficient (Wildman–Crippen LogP) is 6.31. The topological polar surface area (TPSA) is 37.3 Å². The van der Waals surface area contributed by atoms with Gasteiger partial charge in [-0.2, -0.15) is 0 Å². The van der Waals surface area contributed by atoms with Gasteiger partial charge in [-0.25, -0.2) is 0 Å². The van der Waals surface area contributed by atoms with Crippen LogP contribution < -0.4 is 0 Å². The van der Waals surface area contributed by atoms with Crippen LogP contribution in [0.3, 0.4) is 0 Å². The molecule has 0 aromatic carbocycles. The molecule has 0 spiro atoms. The lowest BCUT2D eigenvalue weighted by molar-refractivity contribution is -0.137. The lowest BCUT2D eigenvalue weighted by Gasteiger charge is -2.58. The van der Waals surface area contributed by atoms with Crippen LogP contribution in [-0.2, 0) is 4.79 Å². The maximum atomic E-state index is 11.0. The van der Waals surface area contributed by atoms with Crippen molar-refractivity contribution in [3.05, 3.63) is 12.2 Å². The first-order valence-electron chi connectivity index (χ1n) is 11.3. The van der Waals surface area contributed by atoms with Crippen molar-refractivity contribution in [3.63, 3.8) is 0 Å². The van der Waals surface area contributed by atoms with Gasteiger partial charge in [0.25, 0.3) is 0 Å². The van der Waals surface area contributed by atoms with E-state index in [4.69, 9.17) is 5.11 Å². The molecule has 0 amide bonds. The number of rotatable bonds is 4. The molecule has 1 N–H and O–H groups in total. The molecule has 4 rings (SSSR count). The summed E-state index contributed by atoms with van der Waals surface area (Å²) in [6.07, 6.45) is 17.6. The van der Waals surface area contributed by atoms with Gasteiger partial charge in [0.1, 0.15) is 0 Å². The van der Waals surface area contributed by atoms with Crippen LogP contribution >= 0.6 is 0 Å². The van der Waals surface area contributed by atoms with Crippen LogP contribution in [0.15, 0.2) is 12.2 Å². The van der Waals surface area contributed by atoms with Crippen molar-refractivity contribution >= 4 is 5.97 Å². The first kappa shape index (κ1) is 18.6. The second kappa shape index (κ2) is 6.67. The van der Waals surface area contributed by atoms with E-state index in [0.717, 1.165) is 36.0 Å². The Bertz CT molecular complexity index is 581. The molecule has 0 unspecified atom stereocenters. The second-order valence-electron chi connectivity index (χ2n) is 10.7. The number of fused-ring (bicyclic) bond motifs is 5. The zero-order valence-corrected chi connectivity index (χ0v) is 17.0. The lowest BCUT2D eigenvalue weighted by atomic mass is 9.46. The number of carboxylic acid groups (broad SMARTS) is 1. The van der Waals surface area contributed by atoms with Crippen molar-refractivity contribution in [2.75, 3.05) is 0 Å². The number of carboxylic acids is 1. The SMILES string of the molecule is C[C@@H](CCC(=O)O)[C@H]1CC[C@H]2[C@H]3C=C[C@@H]4CCCC[C@]4(C)[C@@H]3CC[C@]12C. The van der Waals surface area contributed by atoms with Gasteiger partial charge in [0.2, 0.25) is 0 Å². The standard InChI is InChI=1S/C24H38O2/c1-16(7-12-22(25)26)19-10-11-20-18-9-8-17-6-4-5-14-23(17,2)21(18)13-15-24(19,20)3/h8-9,16-21H,4-7,10-15H2,1-3H3,(H,25,26)/t16-,17-,18+,19+,20-,21+,23-,24+/m0/s1. The summed E-state index contributed by atoms with van der Waals surface area (Å²) in [5, 5.41) is 9.09. The van der Waals surface area contributed by atoms with Crippen LogP contribution in [0.5, 0.6) is 0 Å². The number of allylic oxidation sites excluding steroid dienone is 2. The smallest absolute Gasteiger partial charge is 0.303 e. The molecular weight excluding hydrogens is 320 g/mol. The lowest BCUT2D eigenvalue weighted by Crippen LogP contribution is -2.51. The minimum Gasteiger partial charge on any atom is -0.481 e. The number of hydrogen-bond donors (Lipinski definition) is 1. The Kier molecular flexibility index (Phi) is 4.77. The van der Waals surface area contributed by atoms with E-state index in [1.807, 2.05) is 0 Å². The van der Waals surface area contributed by atoms with E-state index in [9.17, 15) is 4.79 Å². The van der Waals surface area contributed by atoms with Crippen LogP contribution in [0.25, 0.3) is 0 Å². The minimum atomic E-state index is -0.633. The summed E-state index contributed by atoms with van der Waals surface area (Å²) in [4.78, 5) is 11.0. The van der Waals surface area contributed by atoms with Gasteiger partial charge < -0.3 is 5.11 Å². The molecule has 26 heavy (non-hydrogen) atoms. The molecule has 0 aromatic heterocycles. The normalized spacial score (nSPS) is 48.3. The number of hydrogen-bond acceptors (Lipinski definition) is 1. The zero-order chi connectivity index (χ0) is 18.5. The Balaban J connectivity index is 1.55. The molecule has 3 fully saturated rings. The Morgan fingerprint density at radius 2 is 1.81 bits per heavy atom. The van der Waals surface area contributed by atoms with Crippen LogP contribution in [0.4, 0.5) is 0 Å². The average Bonchev–Trinajstić information content (AvgIpc) is 2.96. The average molecular weight is 359 g/mol. The highest BCUT2D eigenvalue weighted by atomic mass is 16.4. The molecule has 4 aliphatic carbocycles. The molecular formula is C24H38O2. The van der Waals surface area contributed by atoms with Gasteiger partial charge in [-0.3, -0.25) is 4.79 Å². The molecule has 0 aromatic rings. The van der Waals surface area contributed by atoms with Crippen molar-refractivity contribution in [1.29, 1.82) is 0 Å². The molecule has 2 heteroatoms. The van der Waals surface area contributed by atoms with Gasteiger partial charge in [0, 0.05) is 6.42 Å². The van der Waals surface area contributed by atoms with Crippen molar-refractivity contribution in [3.8, 4) is 0 Å². The monoisotopic (exact) mass is 358 g/mol. The van der Waals surface area contributed by atoms with Crippen molar-refractivity contribution in [2.24, 2.45) is 46.3 Å². The molecule has 4 aliphatic rings. The van der Waals surface area contributed by atoms with Crippen LogP contribution in [0, 0.1) is 46.3 Å². The van der Waals surface area contributed by atoms with Gasteiger partial charge in [-0.1, -0.05) is 45.8 Å². The van der Waals surface area contributed by atoms with E-state index in [0.29, 0.717) is 23.2 Å². The van der Waals surface area contributed by atoms with E-state index in [1.54, 1.807) is 0 Å². The number of carbonyl (C=O) groups is 1. The summed E-state index contributed by atoms with van der Waals surface area (Å²) in [6, 6.07) is 0. The van der Waals surface area contributed by atoms with Gasteiger partial charge in [-0.05, 0) is 91.3 Å². The third-order valence-corrected chi connectivity index (χ3v) is 9.65. The quantitative estimate of drug-likeness (QED) is 0.598. The summed E-state index contributed by atoms with van der Waals surface area (Å²) in [5.74, 6) is 3.96. The largest absolute Gasteiger partial charge is 0.481 e. The first-order chi connectivity index (χ1) is 12.4. The maximum Gasteiger partial charge on any atom is 0.303 e. The molecule has 0 aliphatic heterocycles. The Labute approximate surface area is 159 Å². The summed E-state index contributed by atoms with van der Waals surface area (Å²) in [7, 11) is 0. The fraction of sp³-hybridized carbons (Fsp3) is 0.875. The highest BCUT2D eigenvalue weighted by molar-refractivity contribution is 5.66. The highest BCUT2D eigenvalue weighted by Gasteiger charge is 2.58. The molecule has 0 radical (unpaired) electrons. The van der Waals surface area contributed by atoms with Gasteiger partial charge >= 0.3 is 5.97 Å². The Morgan fingerprint density at radius 3 is 2.58 bits per heavy atom. The van der Waals surface area contributed by atoms with Gasteiger partial charge in [0.15, 0.2) is 0 Å². The minimum absolute atomic E-state index is 0.337. The van der Waals surface area contributed by atoms with Crippen molar-refractivity contribution < 1.29 is 9.90 Å². The summed E-state index contributed by atoms with van der Waals surface area (Å²) < 4.78 is 0. The third kappa shape index (κ3) is 2.78. The first-order valence-corrected chi connectivity index (χ1v) is 11.3. The zero-order valence-electron chi connectivity index (χ0n) is 17.0. The molecule has 0 saturated heterocycles. The van der Waals surface area contributed by atoms with E-state index >= 15 is 0 Å². The molecule has 2 nitrogen and oxygen atoms in total. The Hall–Kier alpha value is -0.790. The Morgan fingerprint density at radius 1 is 1.04 bits per heavy atom. The molecule has 0 bridgehead atoms. The second-order valence-corrected chi connectivity index (χ2v) is 10.7. The fourth-order valence-electron chi connectivity index (χ4n) is 8.18. The summed E-state index contributed by atoms with van der Waals surface area (Å²) >= 11 is 0. The maximum absolute atomic E-state index is 11.0.